The highest BCUT2D eigenvalue weighted by molar-refractivity contribution is 7.45. The van der Waals surface area contributed by atoms with Gasteiger partial charge in [-0.2, -0.15) is 0 Å². The molecule has 0 radical (unpaired) electrons. The fraction of sp³-hybridized carbons (Fsp3) is 0.964. The molecule has 2 atom stereocenters. The summed E-state index contributed by atoms with van der Waals surface area (Å²) >= 11 is 0. The number of phosphoric acid groups is 1. The Hall–Kier alpha value is -0.660. The molecule has 0 saturated heterocycles. The second-order valence-corrected chi connectivity index (χ2v) is 12.5. The number of ether oxygens (including phenoxy) is 2. The molecule has 0 aliphatic carbocycles. The van der Waals surface area contributed by atoms with Gasteiger partial charge in [0.2, 0.25) is 0 Å². The molecule has 0 rings (SSSR count). The van der Waals surface area contributed by atoms with Gasteiger partial charge >= 0.3 is 6.16 Å². The number of nitrogens with zero attached hydrogens (tertiary/aromatic N) is 1. The van der Waals surface area contributed by atoms with E-state index in [1.54, 1.807) is 6.92 Å². The van der Waals surface area contributed by atoms with Crippen LogP contribution in [-0.4, -0.2) is 64.3 Å². The largest absolute Gasteiger partial charge is 0.756 e. The van der Waals surface area contributed by atoms with E-state index in [0.717, 1.165) is 19.3 Å². The second kappa shape index (κ2) is 23.2. The van der Waals surface area contributed by atoms with E-state index in [1.807, 2.05) is 21.1 Å². The lowest BCUT2D eigenvalue weighted by atomic mass is 10.0. The number of likely N-dealkylation sites (N-methyl/N-ethyl adjacent to an activating group) is 1. The number of rotatable bonds is 26. The van der Waals surface area contributed by atoms with Gasteiger partial charge in [-0.25, -0.2) is 4.79 Å². The Bertz CT molecular complexity index is 583. The molecule has 0 bridgehead atoms. The monoisotopic (exact) mass is 551 g/mol. The molecular weight excluding hydrogens is 493 g/mol. The zero-order valence-electron chi connectivity index (χ0n) is 24.7. The van der Waals surface area contributed by atoms with Gasteiger partial charge < -0.3 is 27.9 Å². The van der Waals surface area contributed by atoms with Crippen molar-refractivity contribution in [2.24, 2.45) is 0 Å². The van der Waals surface area contributed by atoms with Gasteiger partial charge in [0, 0.05) is 0 Å². The maximum absolute atomic E-state index is 12.3. The summed E-state index contributed by atoms with van der Waals surface area (Å²) in [6.45, 7) is 4.52. The van der Waals surface area contributed by atoms with Crippen LogP contribution in [0.5, 0.6) is 0 Å². The number of hydrogen-bond acceptors (Lipinski definition) is 7. The molecule has 0 aliphatic heterocycles. The highest BCUT2D eigenvalue weighted by Gasteiger charge is 2.21. The number of phosphoric ester groups is 1. The molecule has 0 fully saturated rings. The van der Waals surface area contributed by atoms with Gasteiger partial charge in [0.05, 0.1) is 27.7 Å². The Morgan fingerprint density at radius 3 is 1.65 bits per heavy atom. The first-order chi connectivity index (χ1) is 17.6. The van der Waals surface area contributed by atoms with Crippen molar-refractivity contribution in [2.45, 2.75) is 129 Å². The summed E-state index contributed by atoms with van der Waals surface area (Å²) in [5, 5.41) is 0. The molecule has 0 aromatic rings. The van der Waals surface area contributed by atoms with E-state index in [-0.39, 0.29) is 19.8 Å². The number of quaternary nitrogens is 1. The predicted molar refractivity (Wildman–Crippen MR) is 148 cm³/mol. The van der Waals surface area contributed by atoms with Gasteiger partial charge in [0.1, 0.15) is 25.9 Å². The number of carbonyl (C=O) groups is 1. The second-order valence-electron chi connectivity index (χ2n) is 11.1. The number of unbranched alkanes of at least 4 members (excludes halogenated alkanes) is 15. The highest BCUT2D eigenvalue weighted by Crippen LogP contribution is 2.40. The summed E-state index contributed by atoms with van der Waals surface area (Å²) in [7, 11) is 1.36. The van der Waals surface area contributed by atoms with Crippen molar-refractivity contribution in [1.29, 1.82) is 0 Å². The van der Waals surface area contributed by atoms with Crippen molar-refractivity contribution in [2.75, 3.05) is 47.5 Å². The fourth-order valence-corrected chi connectivity index (χ4v) is 4.94. The molecule has 0 heterocycles. The number of carbonyl (C=O) groups excluding carboxylic acids is 1. The molecule has 0 aromatic heterocycles. The van der Waals surface area contributed by atoms with Crippen LogP contribution in [-0.2, 0) is 23.1 Å². The summed E-state index contributed by atoms with van der Waals surface area (Å²) in [5.74, 6) is 0. The third kappa shape index (κ3) is 26.7. The van der Waals surface area contributed by atoms with E-state index in [4.69, 9.17) is 18.5 Å². The molecule has 2 unspecified atom stereocenters. The van der Waals surface area contributed by atoms with Gasteiger partial charge in [-0.3, -0.25) is 4.57 Å². The first-order valence-corrected chi connectivity index (χ1v) is 16.3. The quantitative estimate of drug-likeness (QED) is 0.0479. The SMILES string of the molecule is CCCCCCCCCCCCCCCCCCC(COC(=O)OCC)OP(=O)([O-])OCC[N+](C)(C)C. The summed E-state index contributed by atoms with van der Waals surface area (Å²) < 4.78 is 32.9. The Kier molecular flexibility index (Phi) is 22.8. The molecule has 8 nitrogen and oxygen atoms in total. The maximum Gasteiger partial charge on any atom is 0.508 e. The predicted octanol–water partition coefficient (Wildman–Crippen LogP) is 7.39. The Morgan fingerprint density at radius 2 is 1.22 bits per heavy atom. The average Bonchev–Trinajstić information content (AvgIpc) is 2.81. The Labute approximate surface area is 228 Å². The Morgan fingerprint density at radius 1 is 0.757 bits per heavy atom. The zero-order chi connectivity index (χ0) is 27.8. The number of hydrogen-bond donors (Lipinski definition) is 0. The lowest BCUT2D eigenvalue weighted by Crippen LogP contribution is -2.37. The minimum Gasteiger partial charge on any atom is -0.756 e. The van der Waals surface area contributed by atoms with E-state index in [9.17, 15) is 14.3 Å². The van der Waals surface area contributed by atoms with Gasteiger partial charge in [-0.15, -0.1) is 0 Å². The van der Waals surface area contributed by atoms with Crippen molar-refractivity contribution in [1.82, 2.24) is 0 Å². The van der Waals surface area contributed by atoms with Crippen molar-refractivity contribution in [3.05, 3.63) is 0 Å². The lowest BCUT2D eigenvalue weighted by molar-refractivity contribution is -0.870. The van der Waals surface area contributed by atoms with Gasteiger partial charge in [-0.05, 0) is 13.3 Å². The fourth-order valence-electron chi connectivity index (χ4n) is 4.05. The van der Waals surface area contributed by atoms with Crippen molar-refractivity contribution >= 4 is 14.0 Å². The molecule has 9 heteroatoms. The van der Waals surface area contributed by atoms with E-state index in [2.05, 4.69) is 6.92 Å². The van der Waals surface area contributed by atoms with Crippen LogP contribution in [0.1, 0.15) is 123 Å². The molecule has 0 spiro atoms. The van der Waals surface area contributed by atoms with Crippen molar-refractivity contribution < 1.29 is 37.3 Å². The third-order valence-corrected chi connectivity index (χ3v) is 7.37. The van der Waals surface area contributed by atoms with Crippen LogP contribution < -0.4 is 4.89 Å². The van der Waals surface area contributed by atoms with E-state index in [0.29, 0.717) is 17.4 Å². The third-order valence-electron chi connectivity index (χ3n) is 6.32. The van der Waals surface area contributed by atoms with Crippen LogP contribution >= 0.6 is 7.82 Å². The topological polar surface area (TPSA) is 94.1 Å². The molecule has 37 heavy (non-hydrogen) atoms. The maximum atomic E-state index is 12.3. The molecule has 0 N–H and O–H groups in total. The summed E-state index contributed by atoms with van der Waals surface area (Å²) in [6, 6.07) is 0. The zero-order valence-corrected chi connectivity index (χ0v) is 25.6. The van der Waals surface area contributed by atoms with Crippen LogP contribution in [0, 0.1) is 0 Å². The standard InChI is InChI=1S/C28H58NO7P/c1-6-8-9-10-11-12-13-14-15-16-17-18-19-20-21-22-23-27(26-34-28(30)33-7-2)36-37(31,32)35-25-24-29(3,4)5/h27H,6-26H2,1-5H3. The van der Waals surface area contributed by atoms with Crippen LogP contribution in [0.4, 0.5) is 4.79 Å². The van der Waals surface area contributed by atoms with Crippen LogP contribution in [0.3, 0.4) is 0 Å². The van der Waals surface area contributed by atoms with E-state index in [1.165, 1.54) is 83.5 Å². The minimum absolute atomic E-state index is 0.0365. The van der Waals surface area contributed by atoms with E-state index >= 15 is 0 Å². The average molecular weight is 552 g/mol. The summed E-state index contributed by atoms with van der Waals surface area (Å²) in [6.07, 6.45) is 19.2. The molecule has 0 amide bonds. The normalized spacial score (nSPS) is 14.3. The molecule has 0 saturated carbocycles. The molecular formula is C28H58NO7P. The van der Waals surface area contributed by atoms with Gasteiger partial charge in [-0.1, -0.05) is 110 Å². The van der Waals surface area contributed by atoms with Crippen LogP contribution in [0.15, 0.2) is 0 Å². The first-order valence-electron chi connectivity index (χ1n) is 14.8. The molecule has 222 valence electrons. The smallest absolute Gasteiger partial charge is 0.508 e. The van der Waals surface area contributed by atoms with Gasteiger partial charge in [0.15, 0.2) is 0 Å². The summed E-state index contributed by atoms with van der Waals surface area (Å²) in [5.41, 5.74) is 0. The first kappa shape index (κ1) is 36.3. The van der Waals surface area contributed by atoms with Gasteiger partial charge in [0.25, 0.3) is 7.82 Å². The van der Waals surface area contributed by atoms with E-state index < -0.39 is 20.1 Å². The summed E-state index contributed by atoms with van der Waals surface area (Å²) in [4.78, 5) is 23.8. The highest BCUT2D eigenvalue weighted by atomic mass is 31.2. The lowest BCUT2D eigenvalue weighted by Gasteiger charge is -2.30. The van der Waals surface area contributed by atoms with Crippen LogP contribution in [0.2, 0.25) is 0 Å². The molecule has 0 aliphatic rings. The minimum atomic E-state index is -4.49. The molecule has 0 aromatic carbocycles. The van der Waals surface area contributed by atoms with Crippen molar-refractivity contribution in [3.63, 3.8) is 0 Å². The van der Waals surface area contributed by atoms with Crippen molar-refractivity contribution in [3.8, 4) is 0 Å². The Balaban J connectivity index is 4.02. The van der Waals surface area contributed by atoms with Crippen LogP contribution in [0.25, 0.3) is 0 Å².